The number of para-hydroxylation sites is 1. The van der Waals surface area contributed by atoms with Crippen molar-refractivity contribution in [2.45, 2.75) is 43.8 Å². The predicted molar refractivity (Wildman–Crippen MR) is 111 cm³/mol. The van der Waals surface area contributed by atoms with Crippen LogP contribution in [0, 0.1) is 0 Å². The molecule has 1 saturated carbocycles. The van der Waals surface area contributed by atoms with Gasteiger partial charge < -0.3 is 20.7 Å². The van der Waals surface area contributed by atoms with E-state index in [-0.39, 0.29) is 24.6 Å². The van der Waals surface area contributed by atoms with Crippen LogP contribution in [-0.2, 0) is 17.6 Å². The Morgan fingerprint density at radius 2 is 1.82 bits per heavy atom. The van der Waals surface area contributed by atoms with Crippen LogP contribution in [0.5, 0.6) is 0 Å². The number of fused-ring (bicyclic) bond motifs is 1. The van der Waals surface area contributed by atoms with E-state index in [2.05, 4.69) is 21.7 Å². The zero-order chi connectivity index (χ0) is 19.3. The average Bonchev–Trinajstić information content (AvgIpc) is 3.46. The minimum Gasteiger partial charge on any atom is -0.394 e. The molecule has 0 bridgehead atoms. The summed E-state index contributed by atoms with van der Waals surface area (Å²) in [4.78, 5) is 16.2. The summed E-state index contributed by atoms with van der Waals surface area (Å²) in [5, 5.41) is 17.5. The molecule has 5 heteroatoms. The Bertz CT molecular complexity index is 918. The third-order valence-corrected chi connectivity index (χ3v) is 5.32. The second-order valence-electron chi connectivity index (χ2n) is 7.63. The maximum absolute atomic E-state index is 13.0. The molecule has 3 aromatic rings. The number of H-pyrrole nitrogens is 1. The van der Waals surface area contributed by atoms with E-state index in [1.165, 1.54) is 0 Å². The molecule has 5 nitrogen and oxygen atoms in total. The third-order valence-electron chi connectivity index (χ3n) is 5.32. The Hall–Kier alpha value is -2.63. The SMILES string of the molecule is O=C(N[C@H](CO)Cc1c[nH]c2ccccc12)[C@H](Cc1ccccc1)NC1CC1. The number of nitrogens with one attached hydrogen (secondary N) is 3. The summed E-state index contributed by atoms with van der Waals surface area (Å²) < 4.78 is 0. The monoisotopic (exact) mass is 377 g/mol. The highest BCUT2D eigenvalue weighted by Crippen LogP contribution is 2.21. The minimum atomic E-state index is -0.314. The lowest BCUT2D eigenvalue weighted by atomic mass is 10.0. The number of carbonyl (C=O) groups is 1. The molecule has 2 aromatic carbocycles. The molecule has 0 saturated heterocycles. The lowest BCUT2D eigenvalue weighted by Crippen LogP contribution is -2.51. The van der Waals surface area contributed by atoms with Crippen molar-refractivity contribution in [1.29, 1.82) is 0 Å². The van der Waals surface area contributed by atoms with E-state index in [0.29, 0.717) is 18.9 Å². The molecule has 1 aliphatic rings. The predicted octanol–water partition coefficient (Wildman–Crippen LogP) is 2.55. The van der Waals surface area contributed by atoms with E-state index in [9.17, 15) is 9.90 Å². The molecule has 0 radical (unpaired) electrons. The highest BCUT2D eigenvalue weighted by molar-refractivity contribution is 5.84. The number of amides is 1. The van der Waals surface area contributed by atoms with Crippen LogP contribution >= 0.6 is 0 Å². The normalized spacial score (nSPS) is 16.0. The molecular formula is C23H27N3O2. The maximum Gasteiger partial charge on any atom is 0.237 e. The van der Waals surface area contributed by atoms with Crippen molar-refractivity contribution < 1.29 is 9.90 Å². The lowest BCUT2D eigenvalue weighted by Gasteiger charge is -2.22. The van der Waals surface area contributed by atoms with Gasteiger partial charge in [0.15, 0.2) is 0 Å². The molecule has 4 rings (SSSR count). The smallest absolute Gasteiger partial charge is 0.237 e. The number of carbonyl (C=O) groups excluding carboxylic acids is 1. The Labute approximate surface area is 165 Å². The van der Waals surface area contributed by atoms with E-state index in [1.807, 2.05) is 54.7 Å². The van der Waals surface area contributed by atoms with E-state index in [0.717, 1.165) is 34.9 Å². The second-order valence-corrected chi connectivity index (χ2v) is 7.63. The first-order chi connectivity index (χ1) is 13.7. The van der Waals surface area contributed by atoms with Crippen molar-refractivity contribution in [3.05, 3.63) is 71.9 Å². The summed E-state index contributed by atoms with van der Waals surface area (Å²) in [7, 11) is 0. The highest BCUT2D eigenvalue weighted by Gasteiger charge is 2.29. The van der Waals surface area contributed by atoms with Gasteiger partial charge >= 0.3 is 0 Å². The van der Waals surface area contributed by atoms with Crippen molar-refractivity contribution in [2.24, 2.45) is 0 Å². The molecule has 146 valence electrons. The number of aliphatic hydroxyl groups excluding tert-OH is 1. The van der Waals surface area contributed by atoms with Gasteiger partial charge in [-0.2, -0.15) is 0 Å². The Kier molecular flexibility index (Phi) is 5.74. The van der Waals surface area contributed by atoms with Gasteiger partial charge in [0, 0.05) is 23.1 Å². The molecule has 1 heterocycles. The number of hydrogen-bond acceptors (Lipinski definition) is 3. The zero-order valence-electron chi connectivity index (χ0n) is 15.9. The minimum absolute atomic E-state index is 0.0466. The summed E-state index contributed by atoms with van der Waals surface area (Å²) in [6.45, 7) is -0.0905. The fourth-order valence-electron chi connectivity index (χ4n) is 3.64. The summed E-state index contributed by atoms with van der Waals surface area (Å²) in [5.74, 6) is -0.0466. The molecular weight excluding hydrogens is 350 g/mol. The first-order valence-electron chi connectivity index (χ1n) is 9.99. The zero-order valence-corrected chi connectivity index (χ0v) is 15.9. The summed E-state index contributed by atoms with van der Waals surface area (Å²) >= 11 is 0. The standard InChI is InChI=1S/C23H27N3O2/c27-15-19(13-17-14-24-21-9-5-4-8-20(17)21)26-23(28)22(25-18-10-11-18)12-16-6-2-1-3-7-16/h1-9,14,18-19,22,24-25,27H,10-13,15H2,(H,26,28)/t19-,22-/m0/s1. The lowest BCUT2D eigenvalue weighted by molar-refractivity contribution is -0.124. The van der Waals surface area contributed by atoms with Crippen LogP contribution < -0.4 is 10.6 Å². The van der Waals surface area contributed by atoms with Gasteiger partial charge in [0.25, 0.3) is 0 Å². The van der Waals surface area contributed by atoms with Crippen LogP contribution in [-0.4, -0.2) is 40.7 Å². The van der Waals surface area contributed by atoms with E-state index >= 15 is 0 Å². The molecule has 0 unspecified atom stereocenters. The van der Waals surface area contributed by atoms with E-state index < -0.39 is 0 Å². The fourth-order valence-corrected chi connectivity index (χ4v) is 3.64. The fraction of sp³-hybridized carbons (Fsp3) is 0.348. The van der Waals surface area contributed by atoms with Crippen LogP contribution in [0.25, 0.3) is 10.9 Å². The van der Waals surface area contributed by atoms with Gasteiger partial charge in [0.2, 0.25) is 5.91 Å². The molecule has 0 aliphatic heterocycles. The van der Waals surface area contributed by atoms with Crippen LogP contribution in [0.15, 0.2) is 60.8 Å². The first-order valence-corrected chi connectivity index (χ1v) is 9.99. The first kappa shape index (κ1) is 18.7. The number of aliphatic hydroxyl groups is 1. The topological polar surface area (TPSA) is 77.2 Å². The van der Waals surface area contributed by atoms with Gasteiger partial charge in [-0.05, 0) is 42.9 Å². The van der Waals surface area contributed by atoms with E-state index in [1.54, 1.807) is 0 Å². The van der Waals surface area contributed by atoms with Gasteiger partial charge in [-0.3, -0.25) is 4.79 Å². The molecule has 0 spiro atoms. The Morgan fingerprint density at radius 1 is 1.07 bits per heavy atom. The van der Waals surface area contributed by atoms with Crippen molar-refractivity contribution in [3.8, 4) is 0 Å². The molecule has 1 amide bonds. The second kappa shape index (κ2) is 8.59. The molecule has 1 fully saturated rings. The van der Waals surface area contributed by atoms with E-state index in [4.69, 9.17) is 0 Å². The van der Waals surface area contributed by atoms with Gasteiger partial charge in [-0.15, -0.1) is 0 Å². The molecule has 28 heavy (non-hydrogen) atoms. The molecule has 2 atom stereocenters. The largest absolute Gasteiger partial charge is 0.394 e. The number of hydrogen-bond donors (Lipinski definition) is 4. The Morgan fingerprint density at radius 3 is 2.57 bits per heavy atom. The van der Waals surface area contributed by atoms with Crippen LogP contribution in [0.2, 0.25) is 0 Å². The van der Waals surface area contributed by atoms with Gasteiger partial charge in [0.1, 0.15) is 0 Å². The third kappa shape index (κ3) is 4.61. The average molecular weight is 377 g/mol. The molecule has 4 N–H and O–H groups in total. The number of aromatic nitrogens is 1. The van der Waals surface area contributed by atoms with Crippen molar-refractivity contribution in [3.63, 3.8) is 0 Å². The summed E-state index contributed by atoms with van der Waals surface area (Å²) in [6.07, 6.45) is 5.44. The van der Waals surface area contributed by atoms with Gasteiger partial charge in [0.05, 0.1) is 18.7 Å². The molecule has 1 aromatic heterocycles. The van der Waals surface area contributed by atoms with Crippen molar-refractivity contribution in [2.75, 3.05) is 6.61 Å². The van der Waals surface area contributed by atoms with Crippen LogP contribution in [0.1, 0.15) is 24.0 Å². The summed E-state index contributed by atoms with van der Waals surface area (Å²) in [6, 6.07) is 18.0. The van der Waals surface area contributed by atoms with Gasteiger partial charge in [-0.1, -0.05) is 48.5 Å². The van der Waals surface area contributed by atoms with Crippen molar-refractivity contribution >= 4 is 16.8 Å². The molecule has 1 aliphatic carbocycles. The quantitative estimate of drug-likeness (QED) is 0.463. The number of rotatable bonds is 9. The number of aromatic amines is 1. The van der Waals surface area contributed by atoms with Gasteiger partial charge in [-0.25, -0.2) is 0 Å². The Balaban J connectivity index is 1.43. The van der Waals surface area contributed by atoms with Crippen LogP contribution in [0.3, 0.4) is 0 Å². The van der Waals surface area contributed by atoms with Crippen molar-refractivity contribution in [1.82, 2.24) is 15.6 Å². The van der Waals surface area contributed by atoms with Crippen LogP contribution in [0.4, 0.5) is 0 Å². The summed E-state index contributed by atoms with van der Waals surface area (Å²) in [5.41, 5.74) is 3.30. The highest BCUT2D eigenvalue weighted by atomic mass is 16.3. The maximum atomic E-state index is 13.0. The number of benzene rings is 2.